The summed E-state index contributed by atoms with van der Waals surface area (Å²) in [6.45, 7) is 13.0. The molecule has 0 radical (unpaired) electrons. The fourth-order valence-electron chi connectivity index (χ4n) is 2.36. The van der Waals surface area contributed by atoms with E-state index in [9.17, 15) is 0 Å². The third-order valence-corrected chi connectivity index (χ3v) is 3.82. The lowest BCUT2D eigenvalue weighted by Crippen LogP contribution is -2.56. The number of nitrogens with one attached hydrogen (secondary N) is 1. The van der Waals surface area contributed by atoms with E-state index in [-0.39, 0.29) is 0 Å². The number of hydrogen-bond acceptors (Lipinski definition) is 2. The van der Waals surface area contributed by atoms with E-state index in [1.165, 1.54) is 38.9 Å². The van der Waals surface area contributed by atoms with Crippen molar-refractivity contribution in [1.82, 2.24) is 10.2 Å². The lowest BCUT2D eigenvalue weighted by molar-refractivity contribution is 0.107. The normalized spacial score (nSPS) is 30.4. The van der Waals surface area contributed by atoms with Gasteiger partial charge in [-0.1, -0.05) is 34.1 Å². The van der Waals surface area contributed by atoms with Crippen LogP contribution in [0.25, 0.3) is 0 Å². The highest BCUT2D eigenvalue weighted by Gasteiger charge is 2.26. The third-order valence-electron chi connectivity index (χ3n) is 3.82. The van der Waals surface area contributed by atoms with E-state index in [1.807, 2.05) is 0 Å². The van der Waals surface area contributed by atoms with Crippen LogP contribution < -0.4 is 5.32 Å². The Bertz CT molecular complexity index is 168. The highest BCUT2D eigenvalue weighted by Crippen LogP contribution is 2.15. The molecule has 1 fully saturated rings. The number of rotatable bonds is 5. The average molecular weight is 212 g/mol. The van der Waals surface area contributed by atoms with Crippen molar-refractivity contribution < 1.29 is 0 Å². The third kappa shape index (κ3) is 3.76. The first-order valence-corrected chi connectivity index (χ1v) is 6.68. The van der Waals surface area contributed by atoms with Crippen LogP contribution in [0.4, 0.5) is 0 Å². The van der Waals surface area contributed by atoms with Crippen molar-refractivity contribution in [1.29, 1.82) is 0 Å². The molecule has 0 amide bonds. The monoisotopic (exact) mass is 212 g/mol. The fourth-order valence-corrected chi connectivity index (χ4v) is 2.36. The van der Waals surface area contributed by atoms with Gasteiger partial charge >= 0.3 is 0 Å². The molecule has 0 aromatic rings. The molecule has 1 aliphatic heterocycles. The molecule has 1 heterocycles. The van der Waals surface area contributed by atoms with Gasteiger partial charge in [-0.3, -0.25) is 4.90 Å². The number of piperazine rings is 1. The SMILES string of the molecule is CCC(C)CN1CC(CC)NCC1CC. The summed E-state index contributed by atoms with van der Waals surface area (Å²) in [6, 6.07) is 1.48. The van der Waals surface area contributed by atoms with Gasteiger partial charge < -0.3 is 5.32 Å². The zero-order valence-electron chi connectivity index (χ0n) is 10.9. The van der Waals surface area contributed by atoms with Gasteiger partial charge in [0.05, 0.1) is 0 Å². The highest BCUT2D eigenvalue weighted by molar-refractivity contribution is 4.85. The Kier molecular flexibility index (Phi) is 5.62. The standard InChI is InChI=1S/C13H28N2/c1-5-11(4)9-15-10-12(6-2)14-8-13(15)7-3/h11-14H,5-10H2,1-4H3. The van der Waals surface area contributed by atoms with Gasteiger partial charge in [-0.05, 0) is 18.8 Å². The Morgan fingerprint density at radius 1 is 1.27 bits per heavy atom. The van der Waals surface area contributed by atoms with E-state index in [0.29, 0.717) is 0 Å². The second-order valence-corrected chi connectivity index (χ2v) is 5.04. The summed E-state index contributed by atoms with van der Waals surface area (Å²) >= 11 is 0. The van der Waals surface area contributed by atoms with Crippen LogP contribution in [-0.2, 0) is 0 Å². The lowest BCUT2D eigenvalue weighted by Gasteiger charge is -2.41. The smallest absolute Gasteiger partial charge is 0.0218 e. The van der Waals surface area contributed by atoms with Crippen LogP contribution in [0.3, 0.4) is 0 Å². The first-order chi connectivity index (χ1) is 7.21. The minimum atomic E-state index is 0.719. The summed E-state index contributed by atoms with van der Waals surface area (Å²) in [5.41, 5.74) is 0. The van der Waals surface area contributed by atoms with Crippen LogP contribution in [0.1, 0.15) is 47.0 Å². The van der Waals surface area contributed by atoms with Crippen molar-refractivity contribution in [3.63, 3.8) is 0 Å². The summed E-state index contributed by atoms with van der Waals surface area (Å²) in [5, 5.41) is 3.65. The topological polar surface area (TPSA) is 15.3 Å². The lowest BCUT2D eigenvalue weighted by atomic mass is 10.0. The van der Waals surface area contributed by atoms with Crippen LogP contribution >= 0.6 is 0 Å². The van der Waals surface area contributed by atoms with E-state index in [4.69, 9.17) is 0 Å². The van der Waals surface area contributed by atoms with Gasteiger partial charge in [0.15, 0.2) is 0 Å². The van der Waals surface area contributed by atoms with Gasteiger partial charge in [-0.15, -0.1) is 0 Å². The molecular weight excluding hydrogens is 184 g/mol. The van der Waals surface area contributed by atoms with Gasteiger partial charge in [-0.25, -0.2) is 0 Å². The van der Waals surface area contributed by atoms with Crippen molar-refractivity contribution in [3.8, 4) is 0 Å². The fraction of sp³-hybridized carbons (Fsp3) is 1.00. The molecule has 0 aromatic carbocycles. The Morgan fingerprint density at radius 3 is 2.53 bits per heavy atom. The largest absolute Gasteiger partial charge is 0.311 e. The number of nitrogens with zero attached hydrogens (tertiary/aromatic N) is 1. The predicted molar refractivity (Wildman–Crippen MR) is 67.2 cm³/mol. The molecule has 3 atom stereocenters. The molecule has 90 valence electrons. The van der Waals surface area contributed by atoms with Crippen molar-refractivity contribution in [2.24, 2.45) is 5.92 Å². The van der Waals surface area contributed by atoms with Gasteiger partial charge in [0.2, 0.25) is 0 Å². The molecule has 1 N–H and O–H groups in total. The van der Waals surface area contributed by atoms with Gasteiger partial charge in [0, 0.05) is 31.7 Å². The molecule has 2 heteroatoms. The second-order valence-electron chi connectivity index (χ2n) is 5.04. The maximum Gasteiger partial charge on any atom is 0.0218 e. The summed E-state index contributed by atoms with van der Waals surface area (Å²) in [6.07, 6.45) is 3.84. The first kappa shape index (κ1) is 13.0. The second kappa shape index (κ2) is 6.49. The zero-order chi connectivity index (χ0) is 11.3. The molecule has 2 nitrogen and oxygen atoms in total. The molecule has 3 unspecified atom stereocenters. The van der Waals surface area contributed by atoms with Crippen LogP contribution in [0.5, 0.6) is 0 Å². The van der Waals surface area contributed by atoms with Crippen LogP contribution in [-0.4, -0.2) is 36.6 Å². The van der Waals surface area contributed by atoms with E-state index in [1.54, 1.807) is 0 Å². The Balaban J connectivity index is 2.47. The summed E-state index contributed by atoms with van der Waals surface area (Å²) < 4.78 is 0. The van der Waals surface area contributed by atoms with Crippen LogP contribution in [0, 0.1) is 5.92 Å². The quantitative estimate of drug-likeness (QED) is 0.753. The molecule has 0 spiro atoms. The molecule has 0 saturated carbocycles. The maximum absolute atomic E-state index is 3.65. The molecule has 0 aromatic heterocycles. The molecule has 0 bridgehead atoms. The molecule has 1 aliphatic rings. The van der Waals surface area contributed by atoms with Gasteiger partial charge in [0.25, 0.3) is 0 Å². The summed E-state index contributed by atoms with van der Waals surface area (Å²) in [4.78, 5) is 2.71. The van der Waals surface area contributed by atoms with Crippen LogP contribution in [0.15, 0.2) is 0 Å². The predicted octanol–water partition coefficient (Wildman–Crippen LogP) is 2.49. The summed E-state index contributed by atoms with van der Waals surface area (Å²) in [7, 11) is 0. The van der Waals surface area contributed by atoms with Crippen molar-refractivity contribution in [2.75, 3.05) is 19.6 Å². The minimum absolute atomic E-state index is 0.719. The number of hydrogen-bond donors (Lipinski definition) is 1. The van der Waals surface area contributed by atoms with Crippen molar-refractivity contribution in [2.45, 2.75) is 59.0 Å². The zero-order valence-corrected chi connectivity index (χ0v) is 10.9. The van der Waals surface area contributed by atoms with E-state index in [0.717, 1.165) is 18.0 Å². The highest BCUT2D eigenvalue weighted by atomic mass is 15.2. The molecule has 1 rings (SSSR count). The van der Waals surface area contributed by atoms with E-state index < -0.39 is 0 Å². The molecule has 15 heavy (non-hydrogen) atoms. The Labute approximate surface area is 95.4 Å². The molecule has 0 aliphatic carbocycles. The summed E-state index contributed by atoms with van der Waals surface area (Å²) in [5.74, 6) is 0.842. The van der Waals surface area contributed by atoms with Gasteiger partial charge in [-0.2, -0.15) is 0 Å². The van der Waals surface area contributed by atoms with Gasteiger partial charge in [0.1, 0.15) is 0 Å². The molecule has 1 saturated heterocycles. The van der Waals surface area contributed by atoms with E-state index >= 15 is 0 Å². The Hall–Kier alpha value is -0.0800. The van der Waals surface area contributed by atoms with Crippen molar-refractivity contribution in [3.05, 3.63) is 0 Å². The maximum atomic E-state index is 3.65. The molecular formula is C13H28N2. The van der Waals surface area contributed by atoms with E-state index in [2.05, 4.69) is 37.9 Å². The Morgan fingerprint density at radius 2 is 2.00 bits per heavy atom. The van der Waals surface area contributed by atoms with Crippen LogP contribution in [0.2, 0.25) is 0 Å². The first-order valence-electron chi connectivity index (χ1n) is 6.68. The minimum Gasteiger partial charge on any atom is -0.311 e. The van der Waals surface area contributed by atoms with Crippen molar-refractivity contribution >= 4 is 0 Å². The average Bonchev–Trinajstić information content (AvgIpc) is 2.28.